The fourth-order valence-corrected chi connectivity index (χ4v) is 1.49. The molecule has 0 saturated heterocycles. The van der Waals surface area contributed by atoms with E-state index >= 15 is 0 Å². The van der Waals surface area contributed by atoms with Crippen LogP contribution in [0, 0.1) is 0 Å². The first-order chi connectivity index (χ1) is 6.19. The molecule has 0 fully saturated rings. The van der Waals surface area contributed by atoms with Gasteiger partial charge in [0.25, 0.3) is 0 Å². The summed E-state index contributed by atoms with van der Waals surface area (Å²) in [5.41, 5.74) is 0. The van der Waals surface area contributed by atoms with Gasteiger partial charge in [0.15, 0.2) is 5.78 Å². The van der Waals surface area contributed by atoms with Crippen molar-refractivity contribution in [3.63, 3.8) is 0 Å². The van der Waals surface area contributed by atoms with E-state index in [9.17, 15) is 9.18 Å². The van der Waals surface area contributed by atoms with Gasteiger partial charge in [-0.2, -0.15) is 0 Å². The van der Waals surface area contributed by atoms with E-state index in [1.807, 2.05) is 12.2 Å². The summed E-state index contributed by atoms with van der Waals surface area (Å²) in [7, 11) is 0. The predicted molar refractivity (Wildman–Crippen MR) is 51.7 cm³/mol. The molecule has 0 aliphatic heterocycles. The number of alkyl halides is 2. The number of ketones is 1. The number of carbonyl (C=O) groups excluding carboxylic acids is 1. The minimum atomic E-state index is -0.913. The smallest absolute Gasteiger partial charge is 0.158 e. The van der Waals surface area contributed by atoms with Crippen molar-refractivity contribution in [2.24, 2.45) is 0 Å². The lowest BCUT2D eigenvalue weighted by Gasteiger charge is -2.21. The minimum Gasteiger partial charge on any atom is -0.297 e. The monoisotopic (exact) mass is 202 g/mol. The molecular formula is C10H12ClFO. The minimum absolute atomic E-state index is 0.0904. The number of allylic oxidation sites excluding steroid dienone is 4. The lowest BCUT2D eigenvalue weighted by atomic mass is 9.93. The number of Topliss-reactive ketones (excluding diaryl/α,β-unsaturated/α-hetero) is 1. The predicted octanol–water partition coefficient (Wildman–Crippen LogP) is 2.80. The molecule has 0 aromatic rings. The summed E-state index contributed by atoms with van der Waals surface area (Å²) in [4.78, 5) is 10.6. The van der Waals surface area contributed by atoms with Gasteiger partial charge in [0.1, 0.15) is 4.87 Å². The zero-order chi connectivity index (χ0) is 9.73. The van der Waals surface area contributed by atoms with Crippen molar-refractivity contribution < 1.29 is 9.18 Å². The molecule has 0 bridgehead atoms. The number of rotatable bonds is 4. The third-order valence-corrected chi connectivity index (χ3v) is 2.51. The van der Waals surface area contributed by atoms with Gasteiger partial charge in [-0.05, 0) is 12.8 Å². The van der Waals surface area contributed by atoms with Crippen molar-refractivity contribution in [2.75, 3.05) is 6.67 Å². The highest BCUT2D eigenvalue weighted by atomic mass is 35.5. The van der Waals surface area contributed by atoms with Crippen molar-refractivity contribution in [1.29, 1.82) is 0 Å². The average molecular weight is 203 g/mol. The van der Waals surface area contributed by atoms with E-state index in [4.69, 9.17) is 11.6 Å². The maximum Gasteiger partial charge on any atom is 0.158 e. The molecule has 1 atom stereocenters. The van der Waals surface area contributed by atoms with Gasteiger partial charge in [-0.3, -0.25) is 9.18 Å². The molecule has 1 rings (SSSR count). The van der Waals surface area contributed by atoms with Crippen molar-refractivity contribution in [3.05, 3.63) is 24.3 Å². The number of hydrogen-bond donors (Lipinski definition) is 0. The first-order valence-corrected chi connectivity index (χ1v) is 4.69. The molecule has 0 N–H and O–H groups in total. The molecule has 0 saturated carbocycles. The van der Waals surface area contributed by atoms with Gasteiger partial charge in [0, 0.05) is 6.42 Å². The Balaban J connectivity index is 2.54. The molecule has 3 heteroatoms. The van der Waals surface area contributed by atoms with Gasteiger partial charge in [0.05, 0.1) is 6.67 Å². The Hall–Kier alpha value is -0.630. The Morgan fingerprint density at radius 3 is 2.85 bits per heavy atom. The number of hydrogen-bond acceptors (Lipinski definition) is 1. The van der Waals surface area contributed by atoms with E-state index in [-0.39, 0.29) is 18.6 Å². The summed E-state index contributed by atoms with van der Waals surface area (Å²) >= 11 is 6.05. The van der Waals surface area contributed by atoms with Crippen molar-refractivity contribution in [2.45, 2.75) is 24.1 Å². The zero-order valence-corrected chi connectivity index (χ0v) is 8.06. The highest BCUT2D eigenvalue weighted by Gasteiger charge is 2.31. The third kappa shape index (κ3) is 2.66. The molecule has 0 heterocycles. The molecule has 0 radical (unpaired) electrons. The summed E-state index contributed by atoms with van der Waals surface area (Å²) < 4.78 is 11.8. The normalized spacial score (nSPS) is 26.3. The fraction of sp³-hybridized carbons (Fsp3) is 0.500. The fourth-order valence-electron chi connectivity index (χ4n) is 1.24. The lowest BCUT2D eigenvalue weighted by molar-refractivity contribution is -0.120. The van der Waals surface area contributed by atoms with Gasteiger partial charge in [-0.25, -0.2) is 0 Å². The lowest BCUT2D eigenvalue weighted by Crippen LogP contribution is -2.30. The van der Waals surface area contributed by atoms with Crippen LogP contribution >= 0.6 is 11.6 Å². The van der Waals surface area contributed by atoms with Crippen LogP contribution < -0.4 is 0 Å². The summed E-state index contributed by atoms with van der Waals surface area (Å²) in [5.74, 6) is -0.0904. The maximum atomic E-state index is 11.8. The zero-order valence-electron chi connectivity index (χ0n) is 7.30. The number of carbonyl (C=O) groups is 1. The standard InChI is InChI=1S/C10H12ClFO/c11-10(6-2-1-3-7-10)9(13)5-4-8-12/h1-3,6H,4-5,7-8H2. The SMILES string of the molecule is O=C(CCCF)C1(Cl)C=CC=CC1. The van der Waals surface area contributed by atoms with E-state index in [1.54, 1.807) is 12.2 Å². The van der Waals surface area contributed by atoms with Crippen LogP contribution in [0.1, 0.15) is 19.3 Å². The van der Waals surface area contributed by atoms with Crippen LogP contribution in [-0.4, -0.2) is 17.3 Å². The van der Waals surface area contributed by atoms with Gasteiger partial charge >= 0.3 is 0 Å². The third-order valence-electron chi connectivity index (χ3n) is 2.02. The maximum absolute atomic E-state index is 11.8. The molecule has 72 valence electrons. The van der Waals surface area contributed by atoms with E-state index in [2.05, 4.69) is 0 Å². The highest BCUT2D eigenvalue weighted by Crippen LogP contribution is 2.28. The van der Waals surface area contributed by atoms with Crippen molar-refractivity contribution in [3.8, 4) is 0 Å². The molecule has 1 aliphatic rings. The van der Waals surface area contributed by atoms with Gasteiger partial charge in [0.2, 0.25) is 0 Å². The van der Waals surface area contributed by atoms with E-state index in [0.29, 0.717) is 6.42 Å². The molecule has 0 aromatic carbocycles. The molecular weight excluding hydrogens is 191 g/mol. The second-order valence-corrected chi connectivity index (χ2v) is 3.74. The Morgan fingerprint density at radius 1 is 1.54 bits per heavy atom. The van der Waals surface area contributed by atoms with Crippen LogP contribution in [0.3, 0.4) is 0 Å². The second-order valence-electron chi connectivity index (χ2n) is 3.07. The highest BCUT2D eigenvalue weighted by molar-refractivity contribution is 6.37. The quantitative estimate of drug-likeness (QED) is 0.641. The molecule has 13 heavy (non-hydrogen) atoms. The van der Waals surface area contributed by atoms with E-state index < -0.39 is 11.5 Å². The first-order valence-electron chi connectivity index (χ1n) is 4.31. The van der Waals surface area contributed by atoms with Crippen molar-refractivity contribution >= 4 is 17.4 Å². The number of halogens is 2. The van der Waals surface area contributed by atoms with Crippen LogP contribution in [0.4, 0.5) is 4.39 Å². The van der Waals surface area contributed by atoms with Crippen LogP contribution in [0.25, 0.3) is 0 Å². The van der Waals surface area contributed by atoms with Crippen molar-refractivity contribution in [1.82, 2.24) is 0 Å². The largest absolute Gasteiger partial charge is 0.297 e. The summed E-state index contributed by atoms with van der Waals surface area (Å²) in [5, 5.41) is 0. The summed E-state index contributed by atoms with van der Waals surface area (Å²) in [6.07, 6.45) is 8.13. The topological polar surface area (TPSA) is 17.1 Å². The molecule has 0 amide bonds. The summed E-state index contributed by atoms with van der Waals surface area (Å²) in [6, 6.07) is 0. The Kier molecular flexibility index (Phi) is 3.67. The first kappa shape index (κ1) is 10.5. The Morgan fingerprint density at radius 2 is 2.31 bits per heavy atom. The van der Waals surface area contributed by atoms with Gasteiger partial charge in [-0.1, -0.05) is 24.3 Å². The van der Waals surface area contributed by atoms with Crippen LogP contribution in [0.5, 0.6) is 0 Å². The summed E-state index contributed by atoms with van der Waals surface area (Å²) in [6.45, 7) is -0.460. The van der Waals surface area contributed by atoms with E-state index in [0.717, 1.165) is 0 Å². The molecule has 0 aromatic heterocycles. The van der Waals surface area contributed by atoms with Gasteiger partial charge < -0.3 is 0 Å². The Labute approximate surface area is 82.3 Å². The molecule has 1 aliphatic carbocycles. The van der Waals surface area contributed by atoms with Crippen LogP contribution in [0.2, 0.25) is 0 Å². The van der Waals surface area contributed by atoms with Crippen LogP contribution in [-0.2, 0) is 4.79 Å². The van der Waals surface area contributed by atoms with Crippen LogP contribution in [0.15, 0.2) is 24.3 Å². The molecule has 0 spiro atoms. The molecule has 1 unspecified atom stereocenters. The second kappa shape index (κ2) is 4.56. The molecule has 1 nitrogen and oxygen atoms in total. The average Bonchev–Trinajstić information content (AvgIpc) is 2.15. The van der Waals surface area contributed by atoms with Gasteiger partial charge in [-0.15, -0.1) is 11.6 Å². The Bertz CT molecular complexity index is 247. The van der Waals surface area contributed by atoms with E-state index in [1.165, 1.54) is 0 Å².